The third-order valence-corrected chi connectivity index (χ3v) is 7.16. The number of halogens is 3. The summed E-state index contributed by atoms with van der Waals surface area (Å²) >= 11 is 18.2. The quantitative estimate of drug-likeness (QED) is 0.770. The normalized spacial score (nSPS) is 16.4. The molecule has 0 atom stereocenters. The summed E-state index contributed by atoms with van der Waals surface area (Å²) < 4.78 is 27.0. The topological polar surface area (TPSA) is 40.6 Å². The van der Waals surface area contributed by atoms with E-state index in [9.17, 15) is 8.42 Å². The summed E-state index contributed by atoms with van der Waals surface area (Å²) in [4.78, 5) is 2.12. The van der Waals surface area contributed by atoms with E-state index < -0.39 is 10.0 Å². The van der Waals surface area contributed by atoms with Crippen LogP contribution in [0.2, 0.25) is 15.1 Å². The van der Waals surface area contributed by atoms with Gasteiger partial charge in [-0.25, -0.2) is 8.42 Å². The highest BCUT2D eigenvalue weighted by atomic mass is 35.5. The van der Waals surface area contributed by atoms with Crippen molar-refractivity contribution in [1.82, 2.24) is 4.31 Å². The summed E-state index contributed by atoms with van der Waals surface area (Å²) in [6.07, 6.45) is 0. The molecule has 0 aromatic heterocycles. The minimum absolute atomic E-state index is 0.0443. The predicted octanol–water partition coefficient (Wildman–Crippen LogP) is 4.16. The van der Waals surface area contributed by atoms with E-state index in [1.807, 2.05) is 24.3 Å². The van der Waals surface area contributed by atoms with E-state index in [4.69, 9.17) is 34.8 Å². The Morgan fingerprint density at radius 1 is 0.792 bits per heavy atom. The first kappa shape index (κ1) is 17.8. The lowest BCUT2D eigenvalue weighted by atomic mass is 10.2. The fourth-order valence-electron chi connectivity index (χ4n) is 2.70. The van der Waals surface area contributed by atoms with Crippen LogP contribution < -0.4 is 4.90 Å². The third-order valence-electron chi connectivity index (χ3n) is 3.97. The predicted molar refractivity (Wildman–Crippen MR) is 98.9 cm³/mol. The van der Waals surface area contributed by atoms with Gasteiger partial charge in [-0.1, -0.05) is 53.0 Å². The summed E-state index contributed by atoms with van der Waals surface area (Å²) in [5, 5.41) is 0.951. The zero-order chi connectivity index (χ0) is 17.3. The molecule has 1 aliphatic heterocycles. The van der Waals surface area contributed by atoms with Crippen LogP contribution in [0, 0.1) is 0 Å². The van der Waals surface area contributed by atoms with Crippen molar-refractivity contribution in [3.63, 3.8) is 0 Å². The second kappa shape index (κ2) is 7.10. The van der Waals surface area contributed by atoms with Crippen molar-refractivity contribution in [2.45, 2.75) is 4.90 Å². The third kappa shape index (κ3) is 3.37. The summed E-state index contributed by atoms with van der Waals surface area (Å²) in [6, 6.07) is 12.2. The van der Waals surface area contributed by atoms with Gasteiger partial charge in [0.1, 0.15) is 4.90 Å². The number of rotatable bonds is 3. The van der Waals surface area contributed by atoms with Crippen LogP contribution in [0.3, 0.4) is 0 Å². The zero-order valence-electron chi connectivity index (χ0n) is 12.6. The molecule has 0 spiro atoms. The molecule has 8 heteroatoms. The molecule has 1 fully saturated rings. The molecule has 4 nitrogen and oxygen atoms in total. The molecule has 0 amide bonds. The second-order valence-electron chi connectivity index (χ2n) is 5.39. The first-order valence-corrected chi connectivity index (χ1v) is 9.92. The average Bonchev–Trinajstić information content (AvgIpc) is 2.58. The number of sulfonamides is 1. The molecule has 24 heavy (non-hydrogen) atoms. The first-order valence-electron chi connectivity index (χ1n) is 7.35. The molecule has 0 bridgehead atoms. The van der Waals surface area contributed by atoms with Crippen molar-refractivity contribution in [1.29, 1.82) is 0 Å². The molecular weight excluding hydrogens is 391 g/mol. The van der Waals surface area contributed by atoms with Crippen molar-refractivity contribution in [2.75, 3.05) is 31.1 Å². The number of anilines is 1. The van der Waals surface area contributed by atoms with Gasteiger partial charge in [0, 0.05) is 26.2 Å². The molecule has 1 heterocycles. The number of hydrogen-bond donors (Lipinski definition) is 0. The number of benzene rings is 2. The van der Waals surface area contributed by atoms with E-state index >= 15 is 0 Å². The number of hydrogen-bond acceptors (Lipinski definition) is 3. The minimum atomic E-state index is -3.67. The number of nitrogens with zero attached hydrogens (tertiary/aromatic N) is 2. The van der Waals surface area contributed by atoms with Crippen LogP contribution in [0.15, 0.2) is 47.4 Å². The second-order valence-corrected chi connectivity index (χ2v) is 8.49. The van der Waals surface area contributed by atoms with E-state index in [1.165, 1.54) is 10.4 Å². The van der Waals surface area contributed by atoms with Crippen LogP contribution in [0.4, 0.5) is 5.69 Å². The summed E-state index contributed by atoms with van der Waals surface area (Å²) in [5.41, 5.74) is 0.914. The Kier molecular flexibility index (Phi) is 5.27. The van der Waals surface area contributed by atoms with Gasteiger partial charge < -0.3 is 4.90 Å². The van der Waals surface area contributed by atoms with Crippen LogP contribution in [-0.4, -0.2) is 38.9 Å². The van der Waals surface area contributed by atoms with E-state index in [0.29, 0.717) is 31.2 Å². The molecule has 0 radical (unpaired) electrons. The summed E-state index contributed by atoms with van der Waals surface area (Å²) in [5.74, 6) is 0. The van der Waals surface area contributed by atoms with Crippen molar-refractivity contribution in [3.05, 3.63) is 57.5 Å². The smallest absolute Gasteiger partial charge is 0.244 e. The van der Waals surface area contributed by atoms with Crippen LogP contribution in [0.1, 0.15) is 0 Å². The Labute approximate surface area is 156 Å². The minimum Gasteiger partial charge on any atom is -0.368 e. The maximum absolute atomic E-state index is 12.8. The Hall–Kier alpha value is -0.980. The maximum atomic E-state index is 12.8. The van der Waals surface area contributed by atoms with Crippen molar-refractivity contribution < 1.29 is 8.42 Å². The largest absolute Gasteiger partial charge is 0.368 e. The number of piperazine rings is 1. The van der Waals surface area contributed by atoms with Crippen molar-refractivity contribution in [3.8, 4) is 0 Å². The van der Waals surface area contributed by atoms with Gasteiger partial charge in [-0.3, -0.25) is 0 Å². The molecule has 0 saturated carbocycles. The van der Waals surface area contributed by atoms with Gasteiger partial charge >= 0.3 is 0 Å². The maximum Gasteiger partial charge on any atom is 0.244 e. The molecule has 128 valence electrons. The highest BCUT2D eigenvalue weighted by Crippen LogP contribution is 2.32. The van der Waals surface area contributed by atoms with Gasteiger partial charge in [-0.15, -0.1) is 0 Å². The molecule has 1 saturated heterocycles. The van der Waals surface area contributed by atoms with Crippen molar-refractivity contribution >= 4 is 50.5 Å². The molecule has 2 aromatic carbocycles. The fraction of sp³-hybridized carbons (Fsp3) is 0.250. The molecule has 0 unspecified atom stereocenters. The lowest BCUT2D eigenvalue weighted by Gasteiger charge is -2.35. The van der Waals surface area contributed by atoms with Gasteiger partial charge in [-0.2, -0.15) is 4.31 Å². The Balaban J connectivity index is 1.79. The highest BCUT2D eigenvalue weighted by molar-refractivity contribution is 7.89. The van der Waals surface area contributed by atoms with Gasteiger partial charge in [0.05, 0.1) is 20.8 Å². The average molecular weight is 406 g/mol. The first-order chi connectivity index (χ1) is 11.4. The molecule has 0 aliphatic carbocycles. The van der Waals surface area contributed by atoms with Crippen LogP contribution in [0.25, 0.3) is 0 Å². The van der Waals surface area contributed by atoms with Gasteiger partial charge in [0.15, 0.2) is 0 Å². The van der Waals surface area contributed by atoms with Crippen molar-refractivity contribution in [2.24, 2.45) is 0 Å². The lowest BCUT2D eigenvalue weighted by molar-refractivity contribution is 0.385. The molecule has 3 rings (SSSR count). The Morgan fingerprint density at radius 2 is 1.42 bits per heavy atom. The zero-order valence-corrected chi connectivity index (χ0v) is 15.7. The van der Waals surface area contributed by atoms with Gasteiger partial charge in [0.2, 0.25) is 10.0 Å². The standard InChI is InChI=1S/C16H15Cl3N2O2S/c17-12-4-1-2-6-14(12)20-8-10-21(11-9-20)24(22,23)15-7-3-5-13(18)16(15)19/h1-7H,8-11H2. The Bertz CT molecular complexity index is 850. The number of para-hydroxylation sites is 1. The molecule has 0 N–H and O–H groups in total. The highest BCUT2D eigenvalue weighted by Gasteiger charge is 2.31. The monoisotopic (exact) mass is 404 g/mol. The summed E-state index contributed by atoms with van der Waals surface area (Å²) in [7, 11) is -3.67. The lowest BCUT2D eigenvalue weighted by Crippen LogP contribution is -2.48. The van der Waals surface area contributed by atoms with Gasteiger partial charge in [0.25, 0.3) is 0 Å². The Morgan fingerprint density at radius 3 is 2.08 bits per heavy atom. The van der Waals surface area contributed by atoms with E-state index in [-0.39, 0.29) is 14.9 Å². The van der Waals surface area contributed by atoms with Crippen LogP contribution in [0.5, 0.6) is 0 Å². The van der Waals surface area contributed by atoms with Crippen LogP contribution >= 0.6 is 34.8 Å². The van der Waals surface area contributed by atoms with E-state index in [0.717, 1.165) is 5.69 Å². The summed E-state index contributed by atoms with van der Waals surface area (Å²) in [6.45, 7) is 1.83. The molecule has 2 aromatic rings. The fourth-order valence-corrected chi connectivity index (χ4v) is 5.11. The van der Waals surface area contributed by atoms with E-state index in [1.54, 1.807) is 12.1 Å². The SMILES string of the molecule is O=S(=O)(c1cccc(Cl)c1Cl)N1CCN(c2ccccc2Cl)CC1. The molecular formula is C16H15Cl3N2O2S. The van der Waals surface area contributed by atoms with Crippen LogP contribution in [-0.2, 0) is 10.0 Å². The van der Waals surface area contributed by atoms with E-state index in [2.05, 4.69) is 4.90 Å². The van der Waals surface area contributed by atoms with Gasteiger partial charge in [-0.05, 0) is 24.3 Å². The molecule has 1 aliphatic rings.